The average molecular weight is 381 g/mol. The van der Waals surface area contributed by atoms with Gasteiger partial charge in [0, 0.05) is 26.6 Å². The number of rotatable bonds is 4. The van der Waals surface area contributed by atoms with E-state index in [1.54, 1.807) is 18.5 Å². The van der Waals surface area contributed by atoms with Crippen LogP contribution in [0.2, 0.25) is 0 Å². The van der Waals surface area contributed by atoms with Gasteiger partial charge in [-0.2, -0.15) is 5.10 Å². The predicted octanol–water partition coefficient (Wildman–Crippen LogP) is 1.96. The van der Waals surface area contributed by atoms with Gasteiger partial charge in [-0.3, -0.25) is 4.79 Å². The first-order chi connectivity index (χ1) is 13.5. The second-order valence-electron chi connectivity index (χ2n) is 7.19. The minimum atomic E-state index is -0.143. The SMILES string of the molecule is Cc1ocnc1C(=O)N1CCC(Cc2nn(C)c(=O)n2-c2ccccc2)CC1. The number of nitrogens with zero attached hydrogens (tertiary/aromatic N) is 5. The molecular formula is C20H23N5O3. The lowest BCUT2D eigenvalue weighted by Crippen LogP contribution is -2.39. The van der Waals surface area contributed by atoms with Crippen molar-refractivity contribution in [2.24, 2.45) is 13.0 Å². The minimum Gasteiger partial charge on any atom is -0.448 e. The van der Waals surface area contributed by atoms with Crippen LogP contribution in [0.25, 0.3) is 5.69 Å². The van der Waals surface area contributed by atoms with Crippen LogP contribution in [-0.4, -0.2) is 43.2 Å². The molecule has 1 aromatic carbocycles. The molecule has 0 spiro atoms. The van der Waals surface area contributed by atoms with Crippen molar-refractivity contribution < 1.29 is 9.21 Å². The van der Waals surface area contributed by atoms with Crippen LogP contribution in [0, 0.1) is 12.8 Å². The van der Waals surface area contributed by atoms with Gasteiger partial charge in [-0.15, -0.1) is 0 Å². The van der Waals surface area contributed by atoms with Crippen molar-refractivity contribution in [2.45, 2.75) is 26.2 Å². The zero-order valence-corrected chi connectivity index (χ0v) is 16.0. The number of carbonyl (C=O) groups excluding carboxylic acids is 1. The smallest absolute Gasteiger partial charge is 0.350 e. The molecule has 3 heterocycles. The number of piperidine rings is 1. The van der Waals surface area contributed by atoms with Crippen LogP contribution < -0.4 is 5.69 Å². The molecule has 28 heavy (non-hydrogen) atoms. The summed E-state index contributed by atoms with van der Waals surface area (Å²) < 4.78 is 8.20. The zero-order valence-electron chi connectivity index (χ0n) is 16.0. The first-order valence-corrected chi connectivity index (χ1v) is 9.44. The van der Waals surface area contributed by atoms with Crippen molar-refractivity contribution in [1.29, 1.82) is 0 Å². The summed E-state index contributed by atoms with van der Waals surface area (Å²) in [7, 11) is 1.67. The third kappa shape index (κ3) is 3.37. The Morgan fingerprint density at radius 3 is 2.57 bits per heavy atom. The van der Waals surface area contributed by atoms with E-state index in [0.29, 0.717) is 36.9 Å². The summed E-state index contributed by atoms with van der Waals surface area (Å²) in [5.41, 5.74) is 1.07. The highest BCUT2D eigenvalue weighted by Gasteiger charge is 2.27. The van der Waals surface area contributed by atoms with E-state index >= 15 is 0 Å². The van der Waals surface area contributed by atoms with Crippen molar-refractivity contribution in [2.75, 3.05) is 13.1 Å². The van der Waals surface area contributed by atoms with Crippen LogP contribution in [0.5, 0.6) is 0 Å². The lowest BCUT2D eigenvalue weighted by Gasteiger charge is -2.31. The third-order valence-electron chi connectivity index (χ3n) is 5.33. The number of likely N-dealkylation sites (tertiary alicyclic amines) is 1. The van der Waals surface area contributed by atoms with Crippen LogP contribution >= 0.6 is 0 Å². The molecule has 3 aromatic rings. The van der Waals surface area contributed by atoms with E-state index in [9.17, 15) is 9.59 Å². The standard InChI is InChI=1S/C20H23N5O3/c1-14-18(21-13-28-14)19(26)24-10-8-15(9-11-24)12-17-22-23(2)20(27)25(17)16-6-4-3-5-7-16/h3-7,13,15H,8-12H2,1-2H3. The Bertz CT molecular complexity index is 1030. The Kier molecular flexibility index (Phi) is 4.85. The Labute approximate surface area is 162 Å². The summed E-state index contributed by atoms with van der Waals surface area (Å²) in [6.45, 7) is 3.08. The number of oxazole rings is 1. The van der Waals surface area contributed by atoms with Gasteiger partial charge in [-0.25, -0.2) is 19.0 Å². The first kappa shape index (κ1) is 18.2. The molecule has 8 nitrogen and oxygen atoms in total. The van der Waals surface area contributed by atoms with E-state index in [-0.39, 0.29) is 11.6 Å². The quantitative estimate of drug-likeness (QED) is 0.690. The van der Waals surface area contributed by atoms with E-state index in [4.69, 9.17) is 4.42 Å². The molecule has 0 atom stereocenters. The molecule has 0 aliphatic carbocycles. The normalized spacial score (nSPS) is 15.1. The van der Waals surface area contributed by atoms with Gasteiger partial charge in [0.1, 0.15) is 11.6 Å². The Morgan fingerprint density at radius 2 is 1.93 bits per heavy atom. The fraction of sp³-hybridized carbons (Fsp3) is 0.400. The molecular weight excluding hydrogens is 358 g/mol. The van der Waals surface area contributed by atoms with Crippen molar-refractivity contribution in [1.82, 2.24) is 24.2 Å². The Morgan fingerprint density at radius 1 is 1.21 bits per heavy atom. The first-order valence-electron chi connectivity index (χ1n) is 9.44. The topological polar surface area (TPSA) is 86.2 Å². The summed E-state index contributed by atoms with van der Waals surface area (Å²) >= 11 is 0. The maximum atomic E-state index is 12.6. The van der Waals surface area contributed by atoms with E-state index < -0.39 is 0 Å². The molecule has 1 aliphatic heterocycles. The van der Waals surface area contributed by atoms with Gasteiger partial charge >= 0.3 is 5.69 Å². The summed E-state index contributed by atoms with van der Waals surface area (Å²) in [6.07, 6.45) is 3.74. The lowest BCUT2D eigenvalue weighted by molar-refractivity contribution is 0.0682. The molecule has 0 saturated carbocycles. The highest BCUT2D eigenvalue weighted by atomic mass is 16.3. The number of aromatic nitrogens is 4. The summed E-state index contributed by atoms with van der Waals surface area (Å²) in [6, 6.07) is 9.57. The van der Waals surface area contributed by atoms with Gasteiger partial charge in [0.25, 0.3) is 5.91 Å². The summed E-state index contributed by atoms with van der Waals surface area (Å²) in [5.74, 6) is 1.60. The number of aryl methyl sites for hydroxylation is 2. The summed E-state index contributed by atoms with van der Waals surface area (Å²) in [5, 5.41) is 4.45. The Balaban J connectivity index is 1.46. The maximum absolute atomic E-state index is 12.6. The van der Waals surface area contributed by atoms with Gasteiger partial charge in [0.05, 0.1) is 5.69 Å². The maximum Gasteiger partial charge on any atom is 0.350 e. The second-order valence-corrected chi connectivity index (χ2v) is 7.19. The van der Waals surface area contributed by atoms with Crippen molar-refractivity contribution in [3.63, 3.8) is 0 Å². The third-order valence-corrected chi connectivity index (χ3v) is 5.33. The monoisotopic (exact) mass is 381 g/mol. The second kappa shape index (κ2) is 7.46. The van der Waals surface area contributed by atoms with E-state index in [1.807, 2.05) is 35.2 Å². The fourth-order valence-electron chi connectivity index (χ4n) is 3.74. The van der Waals surface area contributed by atoms with Crippen LogP contribution in [0.3, 0.4) is 0 Å². The molecule has 1 saturated heterocycles. The van der Waals surface area contributed by atoms with Crippen molar-refractivity contribution >= 4 is 5.91 Å². The van der Waals surface area contributed by atoms with Crippen molar-refractivity contribution in [3.05, 3.63) is 64.5 Å². The molecule has 1 amide bonds. The van der Waals surface area contributed by atoms with Crippen LogP contribution in [0.4, 0.5) is 0 Å². The number of hydrogen-bond acceptors (Lipinski definition) is 5. The zero-order chi connectivity index (χ0) is 19.7. The molecule has 4 rings (SSSR count). The number of hydrogen-bond donors (Lipinski definition) is 0. The van der Waals surface area contributed by atoms with Gasteiger partial charge in [-0.1, -0.05) is 18.2 Å². The number of para-hydroxylation sites is 1. The van der Waals surface area contributed by atoms with Crippen LogP contribution in [0.1, 0.15) is 34.9 Å². The molecule has 8 heteroatoms. The minimum absolute atomic E-state index is 0.0799. The highest BCUT2D eigenvalue weighted by Crippen LogP contribution is 2.23. The molecule has 0 bridgehead atoms. The van der Waals surface area contributed by atoms with Gasteiger partial charge in [-0.05, 0) is 37.8 Å². The van der Waals surface area contributed by atoms with Gasteiger partial charge in [0.2, 0.25) is 0 Å². The largest absolute Gasteiger partial charge is 0.448 e. The highest BCUT2D eigenvalue weighted by molar-refractivity contribution is 5.93. The molecule has 2 aromatic heterocycles. The molecule has 146 valence electrons. The number of amides is 1. The molecule has 0 unspecified atom stereocenters. The fourth-order valence-corrected chi connectivity index (χ4v) is 3.74. The number of carbonyl (C=O) groups is 1. The van der Waals surface area contributed by atoms with E-state index in [2.05, 4.69) is 10.1 Å². The van der Waals surface area contributed by atoms with Crippen LogP contribution in [-0.2, 0) is 13.5 Å². The van der Waals surface area contributed by atoms with E-state index in [0.717, 1.165) is 24.4 Å². The molecule has 0 N–H and O–H groups in total. The predicted molar refractivity (Wildman–Crippen MR) is 102 cm³/mol. The Hall–Kier alpha value is -3.16. The lowest BCUT2D eigenvalue weighted by atomic mass is 9.93. The van der Waals surface area contributed by atoms with Gasteiger partial charge in [0.15, 0.2) is 12.1 Å². The summed E-state index contributed by atoms with van der Waals surface area (Å²) in [4.78, 5) is 31.0. The van der Waals surface area contributed by atoms with E-state index in [1.165, 1.54) is 11.1 Å². The van der Waals surface area contributed by atoms with Crippen molar-refractivity contribution in [3.8, 4) is 5.69 Å². The van der Waals surface area contributed by atoms with Crippen LogP contribution in [0.15, 0.2) is 45.9 Å². The molecule has 0 radical (unpaired) electrons. The molecule has 1 fully saturated rings. The van der Waals surface area contributed by atoms with Gasteiger partial charge < -0.3 is 9.32 Å². The average Bonchev–Trinajstić information content (AvgIpc) is 3.25. The molecule has 1 aliphatic rings. The number of benzene rings is 1.